The van der Waals surface area contributed by atoms with Crippen molar-refractivity contribution in [3.05, 3.63) is 61.6 Å². The molecule has 31 heavy (non-hydrogen) atoms. The lowest BCUT2D eigenvalue weighted by molar-refractivity contribution is 0.230. The molecule has 0 aliphatic carbocycles. The first-order chi connectivity index (χ1) is 14.7. The standard InChI is InChI=1S/C23H25BrClN3O3/c1-6-14(4)22-27-19-8-7-16(24)11-17(19)23(29)28(22)26-12-15-9-18(25)21(31-13(2)3)20(10-15)30-5/h7-14H,6H2,1-5H3/t14-/m1/s1. The van der Waals surface area contributed by atoms with Crippen LogP contribution in [0.4, 0.5) is 0 Å². The molecule has 0 radical (unpaired) electrons. The number of aromatic nitrogens is 2. The van der Waals surface area contributed by atoms with Gasteiger partial charge in [-0.2, -0.15) is 9.78 Å². The van der Waals surface area contributed by atoms with Crippen molar-refractivity contribution in [1.29, 1.82) is 0 Å². The van der Waals surface area contributed by atoms with Crippen molar-refractivity contribution in [2.45, 2.75) is 46.1 Å². The van der Waals surface area contributed by atoms with Gasteiger partial charge in [-0.3, -0.25) is 4.79 Å². The van der Waals surface area contributed by atoms with Crippen molar-refractivity contribution in [2.75, 3.05) is 7.11 Å². The van der Waals surface area contributed by atoms with Gasteiger partial charge in [0, 0.05) is 10.4 Å². The molecule has 0 bridgehead atoms. The van der Waals surface area contributed by atoms with Crippen LogP contribution in [-0.4, -0.2) is 29.1 Å². The van der Waals surface area contributed by atoms with E-state index in [0.29, 0.717) is 38.8 Å². The van der Waals surface area contributed by atoms with Crippen LogP contribution < -0.4 is 15.0 Å². The van der Waals surface area contributed by atoms with E-state index in [1.54, 1.807) is 31.5 Å². The summed E-state index contributed by atoms with van der Waals surface area (Å²) in [5.74, 6) is 1.64. The van der Waals surface area contributed by atoms with Gasteiger partial charge < -0.3 is 9.47 Å². The van der Waals surface area contributed by atoms with Gasteiger partial charge in [0.25, 0.3) is 5.56 Å². The van der Waals surface area contributed by atoms with Gasteiger partial charge >= 0.3 is 0 Å². The van der Waals surface area contributed by atoms with Gasteiger partial charge in [-0.1, -0.05) is 41.4 Å². The van der Waals surface area contributed by atoms with Crippen molar-refractivity contribution in [1.82, 2.24) is 9.66 Å². The molecule has 0 saturated heterocycles. The number of methoxy groups -OCH3 is 1. The third-order valence-electron chi connectivity index (χ3n) is 4.81. The van der Waals surface area contributed by atoms with E-state index in [9.17, 15) is 4.79 Å². The number of fused-ring (bicyclic) bond motifs is 1. The maximum Gasteiger partial charge on any atom is 0.282 e. The van der Waals surface area contributed by atoms with Gasteiger partial charge in [0.1, 0.15) is 5.82 Å². The fourth-order valence-corrected chi connectivity index (χ4v) is 3.69. The van der Waals surface area contributed by atoms with E-state index in [2.05, 4.69) is 28.0 Å². The molecule has 1 atom stereocenters. The van der Waals surface area contributed by atoms with Gasteiger partial charge in [-0.25, -0.2) is 4.98 Å². The van der Waals surface area contributed by atoms with Crippen molar-refractivity contribution in [3.63, 3.8) is 0 Å². The highest BCUT2D eigenvalue weighted by Gasteiger charge is 2.16. The van der Waals surface area contributed by atoms with E-state index in [1.165, 1.54) is 4.68 Å². The molecule has 2 aromatic carbocycles. The van der Waals surface area contributed by atoms with Crippen LogP contribution in [0.15, 0.2) is 44.7 Å². The molecule has 0 fully saturated rings. The van der Waals surface area contributed by atoms with Gasteiger partial charge in [0.05, 0.1) is 35.4 Å². The number of hydrogen-bond acceptors (Lipinski definition) is 5. The molecule has 0 unspecified atom stereocenters. The quantitative estimate of drug-likeness (QED) is 0.368. The molecule has 0 spiro atoms. The van der Waals surface area contributed by atoms with Crippen LogP contribution in [0.3, 0.4) is 0 Å². The first-order valence-electron chi connectivity index (χ1n) is 10.1. The smallest absolute Gasteiger partial charge is 0.282 e. The lowest BCUT2D eigenvalue weighted by Gasteiger charge is -2.16. The van der Waals surface area contributed by atoms with Crippen molar-refractivity contribution < 1.29 is 9.47 Å². The van der Waals surface area contributed by atoms with Crippen LogP contribution in [0, 0.1) is 0 Å². The van der Waals surface area contributed by atoms with Gasteiger partial charge in [0.2, 0.25) is 0 Å². The van der Waals surface area contributed by atoms with Crippen LogP contribution in [0.2, 0.25) is 5.02 Å². The zero-order chi connectivity index (χ0) is 22.7. The predicted molar refractivity (Wildman–Crippen MR) is 129 cm³/mol. The van der Waals surface area contributed by atoms with E-state index in [1.807, 2.05) is 32.9 Å². The Labute approximate surface area is 195 Å². The Morgan fingerprint density at radius 1 is 1.26 bits per heavy atom. The van der Waals surface area contributed by atoms with Gasteiger partial charge in [-0.05, 0) is 56.2 Å². The lowest BCUT2D eigenvalue weighted by Crippen LogP contribution is -2.23. The van der Waals surface area contributed by atoms with Crippen LogP contribution in [0.5, 0.6) is 11.5 Å². The summed E-state index contributed by atoms with van der Waals surface area (Å²) >= 11 is 9.84. The molecule has 0 N–H and O–H groups in total. The van der Waals surface area contributed by atoms with Crippen molar-refractivity contribution in [2.24, 2.45) is 5.10 Å². The number of nitrogens with zero attached hydrogens (tertiary/aromatic N) is 3. The van der Waals surface area contributed by atoms with E-state index in [-0.39, 0.29) is 17.6 Å². The molecule has 0 amide bonds. The molecular formula is C23H25BrClN3O3. The summed E-state index contributed by atoms with van der Waals surface area (Å²) < 4.78 is 13.4. The summed E-state index contributed by atoms with van der Waals surface area (Å²) in [5, 5.41) is 5.38. The molecule has 0 saturated carbocycles. The number of hydrogen-bond donors (Lipinski definition) is 0. The first kappa shape index (κ1) is 23.3. The Bertz CT molecular complexity index is 1190. The molecule has 164 valence electrons. The molecule has 3 aromatic rings. The minimum absolute atomic E-state index is 0.0504. The third-order valence-corrected chi connectivity index (χ3v) is 5.59. The first-order valence-corrected chi connectivity index (χ1v) is 11.2. The topological polar surface area (TPSA) is 65.7 Å². The number of ether oxygens (including phenoxy) is 2. The molecule has 0 aliphatic rings. The number of rotatable bonds is 7. The molecule has 0 aliphatic heterocycles. The third kappa shape index (κ3) is 5.10. The Hall–Kier alpha value is -2.38. The average Bonchev–Trinajstić information content (AvgIpc) is 2.74. The fourth-order valence-electron chi connectivity index (χ4n) is 3.07. The van der Waals surface area contributed by atoms with E-state index < -0.39 is 0 Å². The van der Waals surface area contributed by atoms with E-state index in [0.717, 1.165) is 10.9 Å². The zero-order valence-corrected chi connectivity index (χ0v) is 20.5. The summed E-state index contributed by atoms with van der Waals surface area (Å²) in [7, 11) is 1.55. The van der Waals surface area contributed by atoms with E-state index in [4.69, 9.17) is 26.1 Å². The fraction of sp³-hybridized carbons (Fsp3) is 0.348. The molecule has 1 aromatic heterocycles. The minimum atomic E-state index is -0.226. The summed E-state index contributed by atoms with van der Waals surface area (Å²) in [6, 6.07) is 8.96. The lowest BCUT2D eigenvalue weighted by atomic mass is 10.1. The zero-order valence-electron chi connectivity index (χ0n) is 18.1. The van der Waals surface area contributed by atoms with Crippen molar-refractivity contribution >= 4 is 44.6 Å². The summed E-state index contributed by atoms with van der Waals surface area (Å²) in [6.07, 6.45) is 2.35. The van der Waals surface area contributed by atoms with Crippen molar-refractivity contribution in [3.8, 4) is 11.5 Å². The average molecular weight is 507 g/mol. The second-order valence-corrected chi connectivity index (χ2v) is 8.83. The van der Waals surface area contributed by atoms with Crippen LogP contribution in [-0.2, 0) is 0 Å². The molecule has 1 heterocycles. The normalized spacial score (nSPS) is 12.6. The molecular weight excluding hydrogens is 482 g/mol. The molecule has 8 heteroatoms. The number of benzene rings is 2. The minimum Gasteiger partial charge on any atom is -0.493 e. The number of halogens is 2. The molecule has 3 rings (SSSR count). The monoisotopic (exact) mass is 505 g/mol. The maximum atomic E-state index is 13.2. The van der Waals surface area contributed by atoms with Gasteiger partial charge in [0.15, 0.2) is 11.5 Å². The maximum absolute atomic E-state index is 13.2. The summed E-state index contributed by atoms with van der Waals surface area (Å²) in [6.45, 7) is 7.91. The van der Waals surface area contributed by atoms with Gasteiger partial charge in [-0.15, -0.1) is 0 Å². The highest BCUT2D eigenvalue weighted by molar-refractivity contribution is 9.10. The summed E-state index contributed by atoms with van der Waals surface area (Å²) in [4.78, 5) is 17.9. The molecule has 6 nitrogen and oxygen atoms in total. The second kappa shape index (κ2) is 9.83. The Morgan fingerprint density at radius 3 is 2.65 bits per heavy atom. The summed E-state index contributed by atoms with van der Waals surface area (Å²) in [5.41, 5.74) is 1.10. The Kier molecular flexibility index (Phi) is 7.38. The second-order valence-electron chi connectivity index (χ2n) is 7.50. The highest BCUT2D eigenvalue weighted by Crippen LogP contribution is 2.36. The van der Waals surface area contributed by atoms with Crippen LogP contribution >= 0.6 is 27.5 Å². The van der Waals surface area contributed by atoms with Crippen LogP contribution in [0.1, 0.15) is 51.4 Å². The Balaban J connectivity index is 2.13. The van der Waals surface area contributed by atoms with Crippen LogP contribution in [0.25, 0.3) is 10.9 Å². The van der Waals surface area contributed by atoms with E-state index >= 15 is 0 Å². The SMILES string of the molecule is CC[C@@H](C)c1nc2ccc(Br)cc2c(=O)n1N=Cc1cc(Cl)c(OC(C)C)c(OC)c1. The predicted octanol–water partition coefficient (Wildman–Crippen LogP) is 6.00. The highest BCUT2D eigenvalue weighted by atomic mass is 79.9. The largest absolute Gasteiger partial charge is 0.493 e. The Morgan fingerprint density at radius 2 is 2.00 bits per heavy atom.